The van der Waals surface area contributed by atoms with Crippen LogP contribution in [0, 0.1) is 17.8 Å². The van der Waals surface area contributed by atoms with Crippen molar-refractivity contribution in [3.8, 4) is 0 Å². The molecule has 0 amide bonds. The van der Waals surface area contributed by atoms with Crippen LogP contribution in [0.5, 0.6) is 0 Å². The molecule has 1 N–H and O–H groups in total. The summed E-state index contributed by atoms with van der Waals surface area (Å²) in [5.41, 5.74) is 2.97. The van der Waals surface area contributed by atoms with Crippen LogP contribution in [-0.4, -0.2) is 20.2 Å². The van der Waals surface area contributed by atoms with Gasteiger partial charge in [0, 0.05) is 30.8 Å². The summed E-state index contributed by atoms with van der Waals surface area (Å²) in [6, 6.07) is 28.2. The van der Waals surface area contributed by atoms with Gasteiger partial charge in [0.2, 0.25) is 0 Å². The molecule has 0 spiro atoms. The maximum atomic E-state index is 15.4. The van der Waals surface area contributed by atoms with E-state index >= 15 is 4.57 Å². The van der Waals surface area contributed by atoms with Crippen LogP contribution < -0.4 is 15.5 Å². The van der Waals surface area contributed by atoms with E-state index in [9.17, 15) is 0 Å². The van der Waals surface area contributed by atoms with E-state index < -0.39 is 13.2 Å². The van der Waals surface area contributed by atoms with Gasteiger partial charge in [0.1, 0.15) is 5.78 Å². The molecular weight excluding hydrogens is 463 g/mol. The summed E-state index contributed by atoms with van der Waals surface area (Å²) in [5, 5.41) is 4.37. The van der Waals surface area contributed by atoms with Crippen molar-refractivity contribution in [2.24, 2.45) is 17.8 Å². The summed E-state index contributed by atoms with van der Waals surface area (Å²) in [4.78, 5) is 2.06. The summed E-state index contributed by atoms with van der Waals surface area (Å²) in [6.45, 7) is 6.83. The summed E-state index contributed by atoms with van der Waals surface area (Å²) < 4.78 is 22.4. The zero-order valence-corrected chi connectivity index (χ0v) is 23.2. The molecule has 4 nitrogen and oxygen atoms in total. The van der Waals surface area contributed by atoms with Gasteiger partial charge in [-0.15, -0.1) is 0 Å². The van der Waals surface area contributed by atoms with Crippen LogP contribution in [0.3, 0.4) is 0 Å². The van der Waals surface area contributed by atoms with Gasteiger partial charge in [-0.3, -0.25) is 4.57 Å². The molecule has 1 fully saturated rings. The van der Waals surface area contributed by atoms with Gasteiger partial charge in [-0.05, 0) is 72.6 Å². The van der Waals surface area contributed by atoms with Crippen LogP contribution in [0.2, 0.25) is 0 Å². The van der Waals surface area contributed by atoms with E-state index in [0.717, 1.165) is 35.1 Å². The maximum Gasteiger partial charge on any atom is 0.258 e. The minimum atomic E-state index is -3.42. The highest BCUT2D eigenvalue weighted by Crippen LogP contribution is 2.61. The monoisotopic (exact) mass is 504 g/mol. The van der Waals surface area contributed by atoms with Crippen molar-refractivity contribution in [3.63, 3.8) is 0 Å². The predicted molar refractivity (Wildman–Crippen MR) is 153 cm³/mol. The molecule has 0 heterocycles. The van der Waals surface area contributed by atoms with Crippen LogP contribution in [0.4, 0.5) is 11.4 Å². The lowest BCUT2D eigenvalue weighted by Crippen LogP contribution is -2.35. The van der Waals surface area contributed by atoms with E-state index in [1.807, 2.05) is 99.0 Å². The Kier molecular flexibility index (Phi) is 8.59. The number of rotatable bonds is 9. The van der Waals surface area contributed by atoms with Gasteiger partial charge < -0.3 is 14.7 Å². The molecule has 36 heavy (non-hydrogen) atoms. The summed E-state index contributed by atoms with van der Waals surface area (Å²) in [6.07, 6.45) is 3.21. The lowest BCUT2D eigenvalue weighted by atomic mass is 9.75. The third kappa shape index (κ3) is 6.05. The number of benzene rings is 3. The Hall–Kier alpha value is -2.55. The molecular formula is C31H41N2O2P. The standard InChI is InChI=1S/C31H41N2O2P/c1-23(2)29-21-16-24(3)22-30(29)35-36(34,28-19-17-27(18-20-28)33(4)5)31(25-12-8-6-9-13-25)32-26-14-10-7-11-15-26/h6-15,17-20,23-24,29-32H,16,21-22H2,1-5H3/t24-,29+,30+,31-,36-/m0/s1. The summed E-state index contributed by atoms with van der Waals surface area (Å²) in [7, 11) is 0.618. The zero-order chi connectivity index (χ0) is 25.7. The average Bonchev–Trinajstić information content (AvgIpc) is 2.88. The molecule has 192 valence electrons. The molecule has 0 radical (unpaired) electrons. The molecule has 0 bridgehead atoms. The quantitative estimate of drug-likeness (QED) is 0.300. The van der Waals surface area contributed by atoms with E-state index in [4.69, 9.17) is 4.52 Å². The molecule has 5 heteroatoms. The van der Waals surface area contributed by atoms with Crippen molar-refractivity contribution in [2.75, 3.05) is 24.3 Å². The van der Waals surface area contributed by atoms with E-state index in [0.29, 0.717) is 17.8 Å². The topological polar surface area (TPSA) is 41.6 Å². The van der Waals surface area contributed by atoms with Gasteiger partial charge >= 0.3 is 0 Å². The highest BCUT2D eigenvalue weighted by molar-refractivity contribution is 7.67. The number of nitrogens with zero attached hydrogens (tertiary/aromatic N) is 1. The van der Waals surface area contributed by atoms with Crippen LogP contribution in [0.15, 0.2) is 84.9 Å². The minimum Gasteiger partial charge on any atom is -0.378 e. The SMILES string of the molecule is CC(C)[C@H]1CC[C@H](C)C[C@H]1O[P@@](=O)(c1ccc(N(C)C)cc1)[C@H](Nc1ccccc1)c1ccccc1. The molecule has 5 atom stereocenters. The van der Waals surface area contributed by atoms with Crippen molar-refractivity contribution in [2.45, 2.75) is 51.9 Å². The third-order valence-electron chi connectivity index (χ3n) is 7.51. The van der Waals surface area contributed by atoms with E-state index in [2.05, 4.69) is 31.0 Å². The molecule has 0 aliphatic heterocycles. The van der Waals surface area contributed by atoms with Crippen LogP contribution >= 0.6 is 7.37 Å². The van der Waals surface area contributed by atoms with E-state index in [-0.39, 0.29) is 6.10 Å². The van der Waals surface area contributed by atoms with Crippen molar-refractivity contribution in [3.05, 3.63) is 90.5 Å². The van der Waals surface area contributed by atoms with Gasteiger partial charge in [0.25, 0.3) is 7.37 Å². The maximum absolute atomic E-state index is 15.4. The summed E-state index contributed by atoms with van der Waals surface area (Å²) in [5.74, 6) is 0.927. The number of para-hydroxylation sites is 1. The largest absolute Gasteiger partial charge is 0.378 e. The van der Waals surface area contributed by atoms with Crippen molar-refractivity contribution >= 4 is 24.0 Å². The minimum absolute atomic E-state index is 0.0445. The molecule has 3 aromatic carbocycles. The van der Waals surface area contributed by atoms with E-state index in [1.165, 1.54) is 6.42 Å². The number of hydrogen-bond donors (Lipinski definition) is 1. The number of anilines is 2. The molecule has 1 saturated carbocycles. The zero-order valence-electron chi connectivity index (χ0n) is 22.3. The second kappa shape index (κ2) is 11.7. The first-order valence-electron chi connectivity index (χ1n) is 13.2. The fourth-order valence-corrected chi connectivity index (χ4v) is 7.99. The fraction of sp³-hybridized carbons (Fsp3) is 0.419. The molecule has 0 aromatic heterocycles. The lowest BCUT2D eigenvalue weighted by Gasteiger charge is -2.41. The second-order valence-electron chi connectivity index (χ2n) is 10.8. The Morgan fingerprint density at radius 1 is 0.889 bits per heavy atom. The summed E-state index contributed by atoms with van der Waals surface area (Å²) >= 11 is 0. The van der Waals surface area contributed by atoms with Crippen LogP contribution in [-0.2, 0) is 9.09 Å². The normalized spacial score (nSPS) is 22.6. The van der Waals surface area contributed by atoms with Crippen molar-refractivity contribution < 1.29 is 9.09 Å². The fourth-order valence-electron chi connectivity index (χ4n) is 5.36. The van der Waals surface area contributed by atoms with Gasteiger partial charge in [-0.1, -0.05) is 75.7 Å². The highest BCUT2D eigenvalue weighted by Gasteiger charge is 2.43. The Balaban J connectivity index is 1.83. The van der Waals surface area contributed by atoms with Gasteiger partial charge in [-0.2, -0.15) is 0 Å². The van der Waals surface area contributed by atoms with Crippen molar-refractivity contribution in [1.82, 2.24) is 0 Å². The number of hydrogen-bond acceptors (Lipinski definition) is 4. The Labute approximate surface area is 217 Å². The number of nitrogens with one attached hydrogen (secondary N) is 1. The van der Waals surface area contributed by atoms with Crippen LogP contribution in [0.1, 0.15) is 51.4 Å². The first kappa shape index (κ1) is 26.5. The first-order chi connectivity index (χ1) is 17.3. The molecule has 0 unspecified atom stereocenters. The van der Waals surface area contributed by atoms with Gasteiger partial charge in [0.15, 0.2) is 0 Å². The molecule has 3 aromatic rings. The molecule has 4 rings (SSSR count). The van der Waals surface area contributed by atoms with Gasteiger partial charge in [0.05, 0.1) is 6.10 Å². The predicted octanol–water partition coefficient (Wildman–Crippen LogP) is 7.94. The smallest absolute Gasteiger partial charge is 0.258 e. The lowest BCUT2D eigenvalue weighted by molar-refractivity contribution is 0.0489. The third-order valence-corrected chi connectivity index (χ3v) is 10.2. The Bertz CT molecular complexity index is 1130. The average molecular weight is 505 g/mol. The van der Waals surface area contributed by atoms with Crippen molar-refractivity contribution in [1.29, 1.82) is 0 Å². The highest BCUT2D eigenvalue weighted by atomic mass is 31.2. The molecule has 0 saturated heterocycles. The molecule has 1 aliphatic rings. The Morgan fingerprint density at radius 3 is 2.08 bits per heavy atom. The van der Waals surface area contributed by atoms with Crippen LogP contribution in [0.25, 0.3) is 0 Å². The second-order valence-corrected chi connectivity index (χ2v) is 13.2. The molecule has 1 aliphatic carbocycles. The first-order valence-corrected chi connectivity index (χ1v) is 14.9. The van der Waals surface area contributed by atoms with E-state index in [1.54, 1.807) is 0 Å². The van der Waals surface area contributed by atoms with Gasteiger partial charge in [-0.25, -0.2) is 0 Å². The Morgan fingerprint density at radius 2 is 1.50 bits per heavy atom.